The van der Waals surface area contributed by atoms with Crippen LogP contribution in [0.2, 0.25) is 0 Å². The van der Waals surface area contributed by atoms with Crippen LogP contribution in [0, 0.1) is 0 Å². The van der Waals surface area contributed by atoms with Crippen LogP contribution >= 0.6 is 0 Å². The summed E-state index contributed by atoms with van der Waals surface area (Å²) in [7, 11) is 0. The van der Waals surface area contributed by atoms with E-state index in [1.54, 1.807) is 0 Å². The zero-order valence-electron chi connectivity index (χ0n) is 15.7. The van der Waals surface area contributed by atoms with E-state index in [1.807, 2.05) is 37.3 Å². The van der Waals surface area contributed by atoms with Gasteiger partial charge in [0.25, 0.3) is 0 Å². The third-order valence-electron chi connectivity index (χ3n) is 5.59. The lowest BCUT2D eigenvalue weighted by Gasteiger charge is -2.33. The monoisotopic (exact) mass is 362 g/mol. The Morgan fingerprint density at radius 2 is 1.93 bits per heavy atom. The number of benzene rings is 2. The molecule has 2 heterocycles. The lowest BCUT2D eigenvalue weighted by Crippen LogP contribution is -2.48. The molecule has 2 aromatic rings. The van der Waals surface area contributed by atoms with E-state index in [1.165, 1.54) is 11.1 Å². The first-order chi connectivity index (χ1) is 13.2. The number of hydrogen-bond donors (Lipinski definition) is 1. The number of ether oxygens (including phenoxy) is 1. The highest BCUT2D eigenvalue weighted by atomic mass is 16.5. The molecule has 4 nitrogen and oxygen atoms in total. The Kier molecular flexibility index (Phi) is 5.26. The maximum atomic E-state index is 12.9. The number of rotatable bonds is 4. The van der Waals surface area contributed by atoms with E-state index in [4.69, 9.17) is 4.74 Å². The molecule has 0 saturated carbocycles. The minimum Gasteiger partial charge on any atom is -0.493 e. The van der Waals surface area contributed by atoms with Gasteiger partial charge in [-0.3, -0.25) is 9.69 Å². The predicted octanol–water partition coefficient (Wildman–Crippen LogP) is 3.80. The highest BCUT2D eigenvalue weighted by Gasteiger charge is 2.28. The van der Waals surface area contributed by atoms with Gasteiger partial charge in [0.15, 0.2) is 0 Å². The van der Waals surface area contributed by atoms with E-state index in [0.717, 1.165) is 37.2 Å². The maximum absolute atomic E-state index is 12.9. The number of nitrogens with zero attached hydrogens (tertiary/aromatic N) is 1. The molecule has 1 N–H and O–H groups in total. The Hall–Kier alpha value is -2.59. The Bertz CT molecular complexity index is 831. The fourth-order valence-corrected chi connectivity index (χ4v) is 3.90. The molecule has 1 amide bonds. The first kappa shape index (κ1) is 17.8. The summed E-state index contributed by atoms with van der Waals surface area (Å²) in [4.78, 5) is 15.1. The van der Waals surface area contributed by atoms with Gasteiger partial charge in [0.1, 0.15) is 5.75 Å². The Morgan fingerprint density at radius 3 is 2.70 bits per heavy atom. The lowest BCUT2D eigenvalue weighted by molar-refractivity contribution is -0.126. The van der Waals surface area contributed by atoms with Crippen molar-refractivity contribution in [1.82, 2.24) is 10.2 Å². The van der Waals surface area contributed by atoms with E-state index in [9.17, 15) is 4.79 Å². The van der Waals surface area contributed by atoms with Gasteiger partial charge in [0, 0.05) is 25.1 Å². The molecule has 2 aliphatic heterocycles. The summed E-state index contributed by atoms with van der Waals surface area (Å²) < 4.78 is 5.70. The average molecular weight is 362 g/mol. The van der Waals surface area contributed by atoms with Gasteiger partial charge >= 0.3 is 0 Å². The second kappa shape index (κ2) is 7.97. The molecule has 140 valence electrons. The minimum absolute atomic E-state index is 0.0325. The van der Waals surface area contributed by atoms with Crippen molar-refractivity contribution in [2.45, 2.75) is 31.8 Å². The van der Waals surface area contributed by atoms with Crippen LogP contribution in [-0.2, 0) is 4.79 Å². The second-order valence-electron chi connectivity index (χ2n) is 7.25. The van der Waals surface area contributed by atoms with Crippen LogP contribution in [0.4, 0.5) is 0 Å². The molecular weight excluding hydrogens is 336 g/mol. The van der Waals surface area contributed by atoms with Crippen LogP contribution < -0.4 is 10.1 Å². The van der Waals surface area contributed by atoms with Crippen molar-refractivity contribution in [3.05, 3.63) is 71.8 Å². The van der Waals surface area contributed by atoms with Crippen LogP contribution in [0.5, 0.6) is 5.75 Å². The number of fused-ring (bicyclic) bond motifs is 1. The van der Waals surface area contributed by atoms with Crippen molar-refractivity contribution in [2.24, 2.45) is 0 Å². The van der Waals surface area contributed by atoms with Crippen LogP contribution in [0.1, 0.15) is 36.9 Å². The van der Waals surface area contributed by atoms with E-state index < -0.39 is 0 Å². The first-order valence-corrected chi connectivity index (χ1v) is 9.73. The Morgan fingerprint density at radius 1 is 1.15 bits per heavy atom. The molecule has 0 unspecified atom stereocenters. The largest absolute Gasteiger partial charge is 0.493 e. The summed E-state index contributed by atoms with van der Waals surface area (Å²) in [6, 6.07) is 18.4. The number of carbonyl (C=O) groups is 1. The lowest BCUT2D eigenvalue weighted by atomic mass is 9.98. The van der Waals surface area contributed by atoms with E-state index >= 15 is 0 Å². The highest BCUT2D eigenvalue weighted by molar-refractivity contribution is 5.82. The molecular formula is C23H26N2O2. The van der Waals surface area contributed by atoms with Crippen molar-refractivity contribution >= 4 is 11.5 Å². The zero-order chi connectivity index (χ0) is 18.6. The fraction of sp³-hybridized carbons (Fsp3) is 0.348. The molecule has 2 aliphatic rings. The molecule has 0 aromatic heterocycles. The van der Waals surface area contributed by atoms with Gasteiger partial charge in [-0.15, -0.1) is 0 Å². The van der Waals surface area contributed by atoms with Crippen LogP contribution in [0.15, 0.2) is 60.7 Å². The molecule has 2 aromatic carbocycles. The Balaban J connectivity index is 1.39. The average Bonchev–Trinajstić information content (AvgIpc) is 2.74. The number of nitrogens with one attached hydrogen (secondary N) is 1. The van der Waals surface area contributed by atoms with E-state index in [0.29, 0.717) is 6.61 Å². The first-order valence-electron chi connectivity index (χ1n) is 9.73. The van der Waals surface area contributed by atoms with Gasteiger partial charge < -0.3 is 10.1 Å². The molecule has 0 saturated heterocycles. The third kappa shape index (κ3) is 3.91. The third-order valence-corrected chi connectivity index (χ3v) is 5.59. The van der Waals surface area contributed by atoms with Crippen molar-refractivity contribution < 1.29 is 9.53 Å². The molecule has 2 atom stereocenters. The predicted molar refractivity (Wildman–Crippen MR) is 108 cm³/mol. The smallest absolute Gasteiger partial charge is 0.237 e. The van der Waals surface area contributed by atoms with Gasteiger partial charge in [-0.2, -0.15) is 0 Å². The zero-order valence-corrected chi connectivity index (χ0v) is 15.7. The summed E-state index contributed by atoms with van der Waals surface area (Å²) in [5.41, 5.74) is 3.74. The van der Waals surface area contributed by atoms with Crippen molar-refractivity contribution in [1.29, 1.82) is 0 Å². The number of para-hydroxylation sites is 1. The summed E-state index contributed by atoms with van der Waals surface area (Å²) >= 11 is 0. The summed E-state index contributed by atoms with van der Waals surface area (Å²) in [5.74, 6) is 0.975. The van der Waals surface area contributed by atoms with Crippen molar-refractivity contribution in [2.75, 3.05) is 19.7 Å². The Labute approximate surface area is 160 Å². The molecule has 27 heavy (non-hydrogen) atoms. The molecule has 0 spiro atoms. The van der Waals surface area contributed by atoms with Gasteiger partial charge in [-0.1, -0.05) is 54.6 Å². The summed E-state index contributed by atoms with van der Waals surface area (Å²) in [6.07, 6.45) is 4.04. The number of amides is 1. The molecule has 0 aliphatic carbocycles. The number of carbonyl (C=O) groups excluding carboxylic acids is 1. The van der Waals surface area contributed by atoms with Crippen LogP contribution in [0.25, 0.3) is 5.57 Å². The van der Waals surface area contributed by atoms with Gasteiger partial charge in [-0.05, 0) is 30.5 Å². The topological polar surface area (TPSA) is 41.6 Å². The summed E-state index contributed by atoms with van der Waals surface area (Å²) in [6.45, 7) is 4.36. The minimum atomic E-state index is -0.145. The summed E-state index contributed by atoms with van der Waals surface area (Å²) in [5, 5.41) is 3.23. The van der Waals surface area contributed by atoms with Crippen LogP contribution in [0.3, 0.4) is 0 Å². The second-order valence-corrected chi connectivity index (χ2v) is 7.25. The normalized spacial score (nSPS) is 20.8. The van der Waals surface area contributed by atoms with Gasteiger partial charge in [0.05, 0.1) is 18.7 Å². The molecule has 4 heteroatoms. The molecule has 0 bridgehead atoms. The quantitative estimate of drug-likeness (QED) is 0.899. The SMILES string of the molecule is C[C@H](C(=O)N[C@H]1CCOc2ccccc21)N1CC=C(c2ccccc2)CC1. The van der Waals surface area contributed by atoms with Crippen molar-refractivity contribution in [3.8, 4) is 5.75 Å². The van der Waals surface area contributed by atoms with Crippen LogP contribution in [-0.4, -0.2) is 36.5 Å². The molecule has 4 rings (SSSR count). The van der Waals surface area contributed by atoms with E-state index in [-0.39, 0.29) is 18.0 Å². The van der Waals surface area contributed by atoms with Gasteiger partial charge in [-0.25, -0.2) is 0 Å². The molecule has 0 radical (unpaired) electrons. The molecule has 0 fully saturated rings. The van der Waals surface area contributed by atoms with Crippen molar-refractivity contribution in [3.63, 3.8) is 0 Å². The standard InChI is InChI=1S/C23H26N2O2/c1-17(25-14-11-19(12-15-25)18-7-3-2-4-8-18)23(26)24-21-13-16-27-22-10-6-5-9-20(21)22/h2-11,17,21H,12-16H2,1H3,(H,24,26)/t17-,21+/m1/s1. The van der Waals surface area contributed by atoms with Gasteiger partial charge in [0.2, 0.25) is 5.91 Å². The number of hydrogen-bond acceptors (Lipinski definition) is 3. The maximum Gasteiger partial charge on any atom is 0.237 e. The highest BCUT2D eigenvalue weighted by Crippen LogP contribution is 2.31. The van der Waals surface area contributed by atoms with E-state index in [2.05, 4.69) is 40.6 Å². The fourth-order valence-electron chi connectivity index (χ4n) is 3.90.